The minimum absolute atomic E-state index is 0.105. The average Bonchev–Trinajstić information content (AvgIpc) is 3.03. The van der Waals surface area contributed by atoms with Crippen molar-refractivity contribution < 1.29 is 19.1 Å². The molecule has 4 aromatic rings. The van der Waals surface area contributed by atoms with Gasteiger partial charge in [-0.25, -0.2) is 0 Å². The summed E-state index contributed by atoms with van der Waals surface area (Å²) in [5.41, 5.74) is 18.2. The van der Waals surface area contributed by atoms with Gasteiger partial charge in [0.1, 0.15) is 0 Å². The van der Waals surface area contributed by atoms with E-state index in [0.29, 0.717) is 30.8 Å². The zero-order valence-corrected chi connectivity index (χ0v) is 23.8. The van der Waals surface area contributed by atoms with Gasteiger partial charge in [-0.1, -0.05) is 85.4 Å². The van der Waals surface area contributed by atoms with Gasteiger partial charge >= 0.3 is 5.97 Å². The highest BCUT2D eigenvalue weighted by molar-refractivity contribution is 5.95. The highest BCUT2D eigenvalue weighted by Crippen LogP contribution is 2.22. The fraction of sp³-hybridized carbons (Fsp3) is 0.200. The summed E-state index contributed by atoms with van der Waals surface area (Å²) in [4.78, 5) is 26.6. The molecule has 0 aliphatic heterocycles. The van der Waals surface area contributed by atoms with Crippen LogP contribution in [0.15, 0.2) is 110 Å². The molecule has 216 valence electrons. The van der Waals surface area contributed by atoms with Crippen LogP contribution in [0, 0.1) is 5.92 Å². The SMILES string of the molecule is C=C(N)c1cccc(CC(C(=O)OC)C(COCc2ccccc2)NC(=O)c2ccc(-c3cccc(CN)c3)cc2)c1. The zero-order valence-electron chi connectivity index (χ0n) is 23.8. The van der Waals surface area contributed by atoms with Crippen molar-refractivity contribution in [2.24, 2.45) is 17.4 Å². The molecule has 7 nitrogen and oxygen atoms in total. The van der Waals surface area contributed by atoms with E-state index < -0.39 is 17.9 Å². The second-order valence-corrected chi connectivity index (χ2v) is 10.1. The van der Waals surface area contributed by atoms with Crippen molar-refractivity contribution in [3.63, 3.8) is 0 Å². The molecule has 1 amide bonds. The topological polar surface area (TPSA) is 117 Å². The molecule has 2 unspecified atom stereocenters. The molecule has 0 aliphatic rings. The molecule has 0 radical (unpaired) electrons. The van der Waals surface area contributed by atoms with E-state index in [2.05, 4.69) is 11.9 Å². The first-order chi connectivity index (χ1) is 20.4. The summed E-state index contributed by atoms with van der Waals surface area (Å²) in [6, 6.07) is 31.9. The lowest BCUT2D eigenvalue weighted by Crippen LogP contribution is -2.47. The molecule has 7 heteroatoms. The smallest absolute Gasteiger partial charge is 0.311 e. The number of nitrogens with one attached hydrogen (secondary N) is 1. The number of nitrogens with two attached hydrogens (primary N) is 2. The molecule has 0 bridgehead atoms. The van der Waals surface area contributed by atoms with E-state index in [4.69, 9.17) is 20.9 Å². The maximum absolute atomic E-state index is 13.5. The Balaban J connectivity index is 1.56. The van der Waals surface area contributed by atoms with E-state index in [-0.39, 0.29) is 12.5 Å². The number of ether oxygens (including phenoxy) is 2. The second-order valence-electron chi connectivity index (χ2n) is 10.1. The van der Waals surface area contributed by atoms with Crippen LogP contribution in [0.25, 0.3) is 16.8 Å². The van der Waals surface area contributed by atoms with Gasteiger partial charge in [-0.05, 0) is 64.1 Å². The van der Waals surface area contributed by atoms with E-state index in [0.717, 1.165) is 33.4 Å². The molecule has 0 aliphatic carbocycles. The zero-order chi connectivity index (χ0) is 29.9. The third-order valence-corrected chi connectivity index (χ3v) is 7.11. The average molecular weight is 564 g/mol. The summed E-state index contributed by atoms with van der Waals surface area (Å²) in [6.07, 6.45) is 0.309. The van der Waals surface area contributed by atoms with Gasteiger partial charge < -0.3 is 26.3 Å². The Morgan fingerprint density at radius 1 is 0.810 bits per heavy atom. The predicted molar refractivity (Wildman–Crippen MR) is 166 cm³/mol. The van der Waals surface area contributed by atoms with E-state index in [1.807, 2.05) is 91.0 Å². The number of hydrogen-bond acceptors (Lipinski definition) is 6. The van der Waals surface area contributed by atoms with Gasteiger partial charge in [0.25, 0.3) is 5.91 Å². The maximum atomic E-state index is 13.5. The molecule has 5 N–H and O–H groups in total. The maximum Gasteiger partial charge on any atom is 0.311 e. The van der Waals surface area contributed by atoms with Gasteiger partial charge in [0, 0.05) is 17.8 Å². The number of esters is 1. The minimum Gasteiger partial charge on any atom is -0.469 e. The highest BCUT2D eigenvalue weighted by Gasteiger charge is 2.31. The van der Waals surface area contributed by atoms with E-state index >= 15 is 0 Å². The van der Waals surface area contributed by atoms with Crippen LogP contribution in [-0.4, -0.2) is 31.6 Å². The molecule has 42 heavy (non-hydrogen) atoms. The van der Waals surface area contributed by atoms with Crippen molar-refractivity contribution in [3.05, 3.63) is 138 Å². The molecule has 0 aromatic heterocycles. The molecule has 2 atom stereocenters. The first-order valence-corrected chi connectivity index (χ1v) is 13.8. The molecule has 4 aromatic carbocycles. The van der Waals surface area contributed by atoms with Gasteiger partial charge in [0.2, 0.25) is 0 Å². The summed E-state index contributed by atoms with van der Waals surface area (Å²) in [6.45, 7) is 4.70. The highest BCUT2D eigenvalue weighted by atomic mass is 16.5. The Bertz CT molecular complexity index is 1500. The van der Waals surface area contributed by atoms with Crippen LogP contribution >= 0.6 is 0 Å². The number of rotatable bonds is 13. The van der Waals surface area contributed by atoms with Crippen LogP contribution in [0.3, 0.4) is 0 Å². The van der Waals surface area contributed by atoms with Gasteiger partial charge in [-0.2, -0.15) is 0 Å². The van der Waals surface area contributed by atoms with Crippen molar-refractivity contribution in [2.45, 2.75) is 25.6 Å². The van der Waals surface area contributed by atoms with Crippen molar-refractivity contribution >= 4 is 17.6 Å². The van der Waals surface area contributed by atoms with E-state index in [9.17, 15) is 9.59 Å². The predicted octanol–water partition coefficient (Wildman–Crippen LogP) is 5.09. The number of benzene rings is 4. The largest absolute Gasteiger partial charge is 0.469 e. The molecule has 0 saturated carbocycles. The van der Waals surface area contributed by atoms with Gasteiger partial charge in [0.05, 0.1) is 32.3 Å². The number of carbonyl (C=O) groups is 2. The number of carbonyl (C=O) groups excluding carboxylic acids is 2. The van der Waals surface area contributed by atoms with Gasteiger partial charge in [0.15, 0.2) is 0 Å². The van der Waals surface area contributed by atoms with E-state index in [1.165, 1.54) is 7.11 Å². The lowest BCUT2D eigenvalue weighted by molar-refractivity contribution is -0.147. The van der Waals surface area contributed by atoms with Crippen molar-refractivity contribution in [2.75, 3.05) is 13.7 Å². The summed E-state index contributed by atoms with van der Waals surface area (Å²) >= 11 is 0. The fourth-order valence-electron chi connectivity index (χ4n) is 4.77. The Hall–Kier alpha value is -4.72. The third kappa shape index (κ3) is 8.16. The van der Waals surface area contributed by atoms with Crippen molar-refractivity contribution in [3.8, 4) is 11.1 Å². The molecular formula is C35H37N3O4. The van der Waals surface area contributed by atoms with Crippen LogP contribution in [0.2, 0.25) is 0 Å². The minimum atomic E-state index is -0.714. The van der Waals surface area contributed by atoms with Crippen LogP contribution in [0.4, 0.5) is 0 Å². The summed E-state index contributed by atoms with van der Waals surface area (Å²) in [5, 5.41) is 3.05. The van der Waals surface area contributed by atoms with Crippen LogP contribution < -0.4 is 16.8 Å². The molecule has 0 saturated heterocycles. The Morgan fingerprint density at radius 3 is 2.19 bits per heavy atom. The van der Waals surface area contributed by atoms with Crippen LogP contribution in [0.1, 0.15) is 32.6 Å². The Kier molecular flexibility index (Phi) is 10.6. The number of methoxy groups -OCH3 is 1. The Labute approximate surface area is 247 Å². The van der Waals surface area contributed by atoms with Crippen molar-refractivity contribution in [1.29, 1.82) is 0 Å². The van der Waals surface area contributed by atoms with E-state index in [1.54, 1.807) is 12.1 Å². The molecular weight excluding hydrogens is 526 g/mol. The Morgan fingerprint density at radius 2 is 1.50 bits per heavy atom. The first kappa shape index (κ1) is 30.2. The first-order valence-electron chi connectivity index (χ1n) is 13.8. The van der Waals surface area contributed by atoms with Gasteiger partial charge in [-0.15, -0.1) is 0 Å². The number of amides is 1. The summed E-state index contributed by atoms with van der Waals surface area (Å²) in [7, 11) is 1.34. The monoisotopic (exact) mass is 563 g/mol. The molecule has 4 rings (SSSR count). The third-order valence-electron chi connectivity index (χ3n) is 7.11. The summed E-state index contributed by atoms with van der Waals surface area (Å²) in [5.74, 6) is -1.48. The summed E-state index contributed by atoms with van der Waals surface area (Å²) < 4.78 is 11.2. The normalized spacial score (nSPS) is 12.2. The quantitative estimate of drug-likeness (QED) is 0.195. The fourth-order valence-corrected chi connectivity index (χ4v) is 4.77. The van der Waals surface area contributed by atoms with Gasteiger partial charge in [-0.3, -0.25) is 9.59 Å². The van der Waals surface area contributed by atoms with Crippen LogP contribution in [0.5, 0.6) is 0 Å². The molecule has 0 spiro atoms. The second kappa shape index (κ2) is 14.8. The van der Waals surface area contributed by atoms with Crippen LogP contribution in [-0.2, 0) is 33.8 Å². The van der Waals surface area contributed by atoms with Crippen molar-refractivity contribution in [1.82, 2.24) is 5.32 Å². The molecule has 0 heterocycles. The standard InChI is InChI=1S/C35H37N3O4/c1-24(37)30-12-6-10-26(18-30)20-32(35(40)41-2)33(23-42-22-25-8-4-3-5-9-25)38-34(39)29-16-14-28(15-17-29)31-13-7-11-27(19-31)21-36/h3-19,32-33H,1,20-23,36-37H2,2H3,(H,38,39). The molecule has 0 fully saturated rings. The lowest BCUT2D eigenvalue weighted by atomic mass is 9.91. The lowest BCUT2D eigenvalue weighted by Gasteiger charge is -2.27. The number of hydrogen-bond donors (Lipinski definition) is 3.